The predicted molar refractivity (Wildman–Crippen MR) is 76.3 cm³/mol. The van der Waals surface area contributed by atoms with E-state index in [2.05, 4.69) is 60.2 Å². The van der Waals surface area contributed by atoms with Crippen LogP contribution in [0.5, 0.6) is 0 Å². The SMILES string of the molecule is CCOC(C)(C)CNCc1ccc(C)cc1Br. The van der Waals surface area contributed by atoms with Crippen LogP contribution in [0.2, 0.25) is 0 Å². The minimum atomic E-state index is -0.105. The molecule has 0 aliphatic carbocycles. The molecule has 2 nitrogen and oxygen atoms in total. The molecule has 17 heavy (non-hydrogen) atoms. The van der Waals surface area contributed by atoms with Gasteiger partial charge in [-0.1, -0.05) is 28.1 Å². The number of rotatable bonds is 6. The Hall–Kier alpha value is -0.380. The van der Waals surface area contributed by atoms with E-state index in [4.69, 9.17) is 4.74 Å². The highest BCUT2D eigenvalue weighted by molar-refractivity contribution is 9.10. The fourth-order valence-electron chi connectivity index (χ4n) is 1.74. The van der Waals surface area contributed by atoms with Gasteiger partial charge in [-0.05, 0) is 44.9 Å². The maximum absolute atomic E-state index is 5.64. The first-order valence-corrected chi connectivity index (χ1v) is 6.83. The third kappa shape index (κ3) is 5.19. The molecule has 1 rings (SSSR count). The van der Waals surface area contributed by atoms with Gasteiger partial charge >= 0.3 is 0 Å². The Morgan fingerprint density at radius 3 is 2.65 bits per heavy atom. The van der Waals surface area contributed by atoms with Crippen LogP contribution in [0.1, 0.15) is 31.9 Å². The molecule has 0 radical (unpaired) electrons. The van der Waals surface area contributed by atoms with Crippen LogP contribution in [-0.2, 0) is 11.3 Å². The summed E-state index contributed by atoms with van der Waals surface area (Å²) < 4.78 is 6.81. The highest BCUT2D eigenvalue weighted by atomic mass is 79.9. The Labute approximate surface area is 113 Å². The van der Waals surface area contributed by atoms with Crippen LogP contribution >= 0.6 is 15.9 Å². The van der Waals surface area contributed by atoms with Gasteiger partial charge in [0.05, 0.1) is 5.60 Å². The first kappa shape index (κ1) is 14.7. The van der Waals surface area contributed by atoms with Crippen molar-refractivity contribution in [3.05, 3.63) is 33.8 Å². The number of hydrogen-bond acceptors (Lipinski definition) is 2. The van der Waals surface area contributed by atoms with Gasteiger partial charge in [0, 0.05) is 24.2 Å². The Bertz CT molecular complexity index is 363. The summed E-state index contributed by atoms with van der Waals surface area (Å²) in [7, 11) is 0. The highest BCUT2D eigenvalue weighted by Crippen LogP contribution is 2.18. The van der Waals surface area contributed by atoms with Gasteiger partial charge in [0.15, 0.2) is 0 Å². The van der Waals surface area contributed by atoms with E-state index in [0.717, 1.165) is 19.7 Å². The van der Waals surface area contributed by atoms with E-state index in [-0.39, 0.29) is 5.60 Å². The fourth-order valence-corrected chi connectivity index (χ4v) is 2.37. The van der Waals surface area contributed by atoms with Crippen LogP contribution in [0.4, 0.5) is 0 Å². The van der Waals surface area contributed by atoms with Crippen molar-refractivity contribution in [2.24, 2.45) is 0 Å². The third-order valence-corrected chi connectivity index (χ3v) is 3.35. The van der Waals surface area contributed by atoms with Gasteiger partial charge in [-0.3, -0.25) is 0 Å². The lowest BCUT2D eigenvalue weighted by Gasteiger charge is -2.25. The lowest BCUT2D eigenvalue weighted by Crippen LogP contribution is -2.37. The highest BCUT2D eigenvalue weighted by Gasteiger charge is 2.16. The molecule has 0 atom stereocenters. The van der Waals surface area contributed by atoms with Crippen LogP contribution < -0.4 is 5.32 Å². The third-order valence-electron chi connectivity index (χ3n) is 2.61. The topological polar surface area (TPSA) is 21.3 Å². The Morgan fingerprint density at radius 1 is 1.35 bits per heavy atom. The summed E-state index contributed by atoms with van der Waals surface area (Å²) in [5.41, 5.74) is 2.45. The van der Waals surface area contributed by atoms with Gasteiger partial charge in [-0.2, -0.15) is 0 Å². The first-order valence-electron chi connectivity index (χ1n) is 6.04. The van der Waals surface area contributed by atoms with Crippen LogP contribution in [0, 0.1) is 6.92 Å². The number of aryl methyl sites for hydroxylation is 1. The molecule has 0 saturated heterocycles. The van der Waals surface area contributed by atoms with E-state index in [1.54, 1.807) is 0 Å². The summed E-state index contributed by atoms with van der Waals surface area (Å²) >= 11 is 3.59. The average Bonchev–Trinajstić information content (AvgIpc) is 2.21. The number of benzene rings is 1. The molecular weight excluding hydrogens is 278 g/mol. The van der Waals surface area contributed by atoms with Crippen molar-refractivity contribution < 1.29 is 4.74 Å². The molecule has 0 aliphatic rings. The number of ether oxygens (including phenoxy) is 1. The van der Waals surface area contributed by atoms with E-state index >= 15 is 0 Å². The van der Waals surface area contributed by atoms with Gasteiger partial charge < -0.3 is 10.1 Å². The second kappa shape index (κ2) is 6.53. The van der Waals surface area contributed by atoms with E-state index in [0.29, 0.717) is 0 Å². The maximum atomic E-state index is 5.64. The molecule has 0 aliphatic heterocycles. The standard InChI is InChI=1S/C14H22BrNO/c1-5-17-14(3,4)10-16-9-12-7-6-11(2)8-13(12)15/h6-8,16H,5,9-10H2,1-4H3. The van der Waals surface area contributed by atoms with Gasteiger partial charge in [0.25, 0.3) is 0 Å². The van der Waals surface area contributed by atoms with E-state index in [1.807, 2.05) is 6.92 Å². The first-order chi connectivity index (χ1) is 7.94. The minimum absolute atomic E-state index is 0.105. The van der Waals surface area contributed by atoms with Crippen molar-refractivity contribution in [3.63, 3.8) is 0 Å². The Morgan fingerprint density at radius 2 is 2.06 bits per heavy atom. The predicted octanol–water partition coefficient (Wildman–Crippen LogP) is 3.66. The zero-order chi connectivity index (χ0) is 12.9. The Kier molecular flexibility index (Phi) is 5.63. The summed E-state index contributed by atoms with van der Waals surface area (Å²) in [5.74, 6) is 0. The van der Waals surface area contributed by atoms with Crippen LogP contribution in [0.3, 0.4) is 0 Å². The lowest BCUT2D eigenvalue weighted by atomic mass is 10.1. The molecule has 0 bridgehead atoms. The summed E-state index contributed by atoms with van der Waals surface area (Å²) in [6.07, 6.45) is 0. The molecule has 0 heterocycles. The van der Waals surface area contributed by atoms with Crippen molar-refractivity contribution in [2.75, 3.05) is 13.2 Å². The number of nitrogens with one attached hydrogen (secondary N) is 1. The van der Waals surface area contributed by atoms with Crippen LogP contribution in [0.15, 0.2) is 22.7 Å². The van der Waals surface area contributed by atoms with Crippen LogP contribution in [-0.4, -0.2) is 18.8 Å². The number of hydrogen-bond donors (Lipinski definition) is 1. The van der Waals surface area contributed by atoms with Crippen molar-refractivity contribution >= 4 is 15.9 Å². The molecule has 1 aromatic carbocycles. The largest absolute Gasteiger partial charge is 0.375 e. The molecule has 96 valence electrons. The molecule has 0 aromatic heterocycles. The summed E-state index contributed by atoms with van der Waals surface area (Å²) in [6, 6.07) is 6.43. The molecule has 1 N–H and O–H groups in total. The van der Waals surface area contributed by atoms with Gasteiger partial charge in [-0.25, -0.2) is 0 Å². The van der Waals surface area contributed by atoms with E-state index in [9.17, 15) is 0 Å². The number of halogens is 1. The quantitative estimate of drug-likeness (QED) is 0.865. The second-order valence-corrected chi connectivity index (χ2v) is 5.75. The molecule has 0 unspecified atom stereocenters. The normalized spacial score (nSPS) is 11.8. The van der Waals surface area contributed by atoms with Gasteiger partial charge in [-0.15, -0.1) is 0 Å². The van der Waals surface area contributed by atoms with E-state index in [1.165, 1.54) is 15.6 Å². The van der Waals surface area contributed by atoms with Crippen molar-refractivity contribution in [1.82, 2.24) is 5.32 Å². The van der Waals surface area contributed by atoms with Gasteiger partial charge in [0.2, 0.25) is 0 Å². The van der Waals surface area contributed by atoms with E-state index < -0.39 is 0 Å². The maximum Gasteiger partial charge on any atom is 0.0750 e. The zero-order valence-electron chi connectivity index (χ0n) is 11.1. The zero-order valence-corrected chi connectivity index (χ0v) is 12.7. The molecular formula is C14H22BrNO. The minimum Gasteiger partial charge on any atom is -0.375 e. The molecule has 3 heteroatoms. The summed E-state index contributed by atoms with van der Waals surface area (Å²) in [4.78, 5) is 0. The van der Waals surface area contributed by atoms with Crippen molar-refractivity contribution in [1.29, 1.82) is 0 Å². The van der Waals surface area contributed by atoms with Crippen molar-refractivity contribution in [3.8, 4) is 0 Å². The van der Waals surface area contributed by atoms with Crippen LogP contribution in [0.25, 0.3) is 0 Å². The molecule has 0 spiro atoms. The molecule has 0 fully saturated rings. The molecule has 1 aromatic rings. The van der Waals surface area contributed by atoms with Crippen molar-refractivity contribution in [2.45, 2.75) is 39.8 Å². The smallest absolute Gasteiger partial charge is 0.0750 e. The monoisotopic (exact) mass is 299 g/mol. The Balaban J connectivity index is 2.46. The van der Waals surface area contributed by atoms with Gasteiger partial charge in [0.1, 0.15) is 0 Å². The summed E-state index contributed by atoms with van der Waals surface area (Å²) in [6.45, 7) is 10.8. The second-order valence-electron chi connectivity index (χ2n) is 4.89. The average molecular weight is 300 g/mol. The summed E-state index contributed by atoms with van der Waals surface area (Å²) in [5, 5.41) is 3.43. The molecule has 0 saturated carbocycles. The molecule has 0 amide bonds. The fraction of sp³-hybridized carbons (Fsp3) is 0.571. The lowest BCUT2D eigenvalue weighted by molar-refractivity contribution is -0.00898.